The van der Waals surface area contributed by atoms with Gasteiger partial charge in [0.05, 0.1) is 17.2 Å². The van der Waals surface area contributed by atoms with E-state index in [1.165, 1.54) is 6.07 Å². The fourth-order valence-corrected chi connectivity index (χ4v) is 4.01. The van der Waals surface area contributed by atoms with Crippen LogP contribution in [0.2, 0.25) is 0 Å². The number of amides is 3. The second-order valence-corrected chi connectivity index (χ2v) is 7.22. The molecule has 11 heteroatoms. The van der Waals surface area contributed by atoms with Crippen molar-refractivity contribution in [2.75, 3.05) is 17.2 Å². The molecule has 2 aliphatic rings. The van der Waals surface area contributed by atoms with Crippen LogP contribution in [0.3, 0.4) is 0 Å². The molecule has 0 unspecified atom stereocenters. The van der Waals surface area contributed by atoms with E-state index in [1.54, 1.807) is 24.3 Å². The highest BCUT2D eigenvalue weighted by atomic mass is 19.4. The molecule has 1 aromatic heterocycles. The molecule has 0 radical (unpaired) electrons. The van der Waals surface area contributed by atoms with E-state index >= 15 is 0 Å². The molecule has 3 amide bonds. The van der Waals surface area contributed by atoms with Crippen molar-refractivity contribution < 1.29 is 27.6 Å². The molecule has 3 heterocycles. The molecule has 2 atom stereocenters. The van der Waals surface area contributed by atoms with Gasteiger partial charge in [-0.05, 0) is 23.8 Å². The first kappa shape index (κ1) is 20.3. The largest absolute Gasteiger partial charge is 0.435 e. The number of halogens is 3. The van der Waals surface area contributed by atoms with Gasteiger partial charge < -0.3 is 15.5 Å². The summed E-state index contributed by atoms with van der Waals surface area (Å²) in [7, 11) is 0. The maximum Gasteiger partial charge on any atom is 0.435 e. The Morgan fingerprint density at radius 2 is 2.00 bits per heavy atom. The molecule has 1 fully saturated rings. The van der Waals surface area contributed by atoms with Crippen LogP contribution in [-0.2, 0) is 26.0 Å². The van der Waals surface area contributed by atoms with Gasteiger partial charge in [0.2, 0.25) is 5.91 Å². The topological polar surface area (TPSA) is 115 Å². The molecular formula is C20H14F3N5O3. The standard InChI is InChI=1S/C20H14F3N5O3/c21-20(22,23)15-14(6-3-7-25-15)26-16(29)17(30)28-10-19(8-11(28)9-24)12-4-1-2-5-13(12)27-18(19)31/h1-7,11H,8,10H2,(H,26,29)(H,27,31)/t11-,19-/m0/s1. The van der Waals surface area contributed by atoms with Gasteiger partial charge in [0.1, 0.15) is 6.04 Å². The molecule has 8 nitrogen and oxygen atoms in total. The summed E-state index contributed by atoms with van der Waals surface area (Å²) in [5.41, 5.74) is -2.09. The molecule has 1 aromatic carbocycles. The van der Waals surface area contributed by atoms with Crippen molar-refractivity contribution in [3.05, 3.63) is 53.9 Å². The number of nitrogens with zero attached hydrogens (tertiary/aromatic N) is 3. The number of alkyl halides is 3. The summed E-state index contributed by atoms with van der Waals surface area (Å²) in [4.78, 5) is 42.1. The average Bonchev–Trinajstić information content (AvgIpc) is 3.26. The number of anilines is 2. The van der Waals surface area contributed by atoms with Crippen molar-refractivity contribution >= 4 is 29.1 Å². The van der Waals surface area contributed by atoms with Gasteiger partial charge in [-0.2, -0.15) is 18.4 Å². The number of hydrogen-bond acceptors (Lipinski definition) is 5. The number of nitriles is 1. The Morgan fingerprint density at radius 3 is 2.71 bits per heavy atom. The Hall–Kier alpha value is -3.94. The summed E-state index contributed by atoms with van der Waals surface area (Å²) in [6, 6.07) is 9.75. The SMILES string of the molecule is N#C[C@@H]1C[C@@]2(CN1C(=O)C(=O)Nc1cccnc1C(F)(F)F)C(=O)Nc1ccccc12. The first-order valence-corrected chi connectivity index (χ1v) is 9.12. The number of rotatable bonds is 1. The third kappa shape index (κ3) is 3.26. The highest BCUT2D eigenvalue weighted by Gasteiger charge is 2.56. The molecule has 158 valence electrons. The molecule has 2 aromatic rings. The zero-order chi connectivity index (χ0) is 22.4. The summed E-state index contributed by atoms with van der Waals surface area (Å²) in [6.45, 7) is -0.251. The summed E-state index contributed by atoms with van der Waals surface area (Å²) in [5, 5.41) is 14.2. The lowest BCUT2D eigenvalue weighted by atomic mass is 9.80. The lowest BCUT2D eigenvalue weighted by Crippen LogP contribution is -2.44. The van der Waals surface area contributed by atoms with Crippen LogP contribution in [0.25, 0.3) is 0 Å². The Kier molecular flexibility index (Phi) is 4.65. The van der Waals surface area contributed by atoms with Crippen LogP contribution in [0.5, 0.6) is 0 Å². The van der Waals surface area contributed by atoms with Crippen LogP contribution >= 0.6 is 0 Å². The van der Waals surface area contributed by atoms with E-state index in [1.807, 2.05) is 11.4 Å². The predicted octanol–water partition coefficient (Wildman–Crippen LogP) is 2.05. The van der Waals surface area contributed by atoms with Crippen LogP contribution < -0.4 is 10.6 Å². The third-order valence-corrected chi connectivity index (χ3v) is 5.41. The second kappa shape index (κ2) is 7.09. The van der Waals surface area contributed by atoms with Crippen molar-refractivity contribution in [2.45, 2.75) is 24.1 Å². The fraction of sp³-hybridized carbons (Fsp3) is 0.250. The molecule has 2 N–H and O–H groups in total. The van der Waals surface area contributed by atoms with Crippen LogP contribution in [0, 0.1) is 11.3 Å². The van der Waals surface area contributed by atoms with Gasteiger partial charge in [-0.1, -0.05) is 18.2 Å². The molecule has 1 saturated heterocycles. The number of fused-ring (bicyclic) bond motifs is 2. The number of hydrogen-bond donors (Lipinski definition) is 2. The number of benzene rings is 1. The summed E-state index contributed by atoms with van der Waals surface area (Å²) in [6.07, 6.45) is -3.97. The van der Waals surface area contributed by atoms with Gasteiger partial charge in [-0.3, -0.25) is 14.4 Å². The first-order chi connectivity index (χ1) is 14.7. The van der Waals surface area contributed by atoms with Crippen molar-refractivity contribution in [3.63, 3.8) is 0 Å². The Balaban J connectivity index is 1.61. The van der Waals surface area contributed by atoms with Crippen molar-refractivity contribution in [2.24, 2.45) is 0 Å². The minimum absolute atomic E-state index is 0.0357. The van der Waals surface area contributed by atoms with Crippen molar-refractivity contribution in [3.8, 4) is 6.07 Å². The maximum atomic E-state index is 13.1. The van der Waals surface area contributed by atoms with E-state index in [0.717, 1.165) is 17.2 Å². The number of carbonyl (C=O) groups excluding carboxylic acids is 3. The van der Waals surface area contributed by atoms with Gasteiger partial charge in [-0.25, -0.2) is 4.98 Å². The quantitative estimate of drug-likeness (QED) is 0.674. The summed E-state index contributed by atoms with van der Waals surface area (Å²) in [5.74, 6) is -2.98. The maximum absolute atomic E-state index is 13.1. The zero-order valence-corrected chi connectivity index (χ0v) is 15.7. The van der Waals surface area contributed by atoms with E-state index in [0.29, 0.717) is 11.3 Å². The number of para-hydroxylation sites is 1. The van der Waals surface area contributed by atoms with E-state index < -0.39 is 46.7 Å². The lowest BCUT2D eigenvalue weighted by molar-refractivity contribution is -0.144. The molecular weight excluding hydrogens is 415 g/mol. The van der Waals surface area contributed by atoms with Crippen molar-refractivity contribution in [1.82, 2.24) is 9.88 Å². The molecule has 2 aliphatic heterocycles. The molecule has 1 spiro atoms. The number of pyridine rings is 1. The zero-order valence-electron chi connectivity index (χ0n) is 15.7. The van der Waals surface area contributed by atoms with Gasteiger partial charge in [0.25, 0.3) is 0 Å². The Morgan fingerprint density at radius 1 is 1.26 bits per heavy atom. The van der Waals surface area contributed by atoms with Crippen molar-refractivity contribution in [1.29, 1.82) is 5.26 Å². The minimum atomic E-state index is -4.84. The van der Waals surface area contributed by atoms with Gasteiger partial charge in [-0.15, -0.1) is 0 Å². The van der Waals surface area contributed by atoms with Gasteiger partial charge >= 0.3 is 18.0 Å². The monoisotopic (exact) mass is 429 g/mol. The lowest BCUT2D eigenvalue weighted by Gasteiger charge is -2.22. The summed E-state index contributed by atoms with van der Waals surface area (Å²) < 4.78 is 39.3. The van der Waals surface area contributed by atoms with Gasteiger partial charge in [0, 0.05) is 24.8 Å². The number of nitrogens with one attached hydrogen (secondary N) is 2. The molecule has 0 bridgehead atoms. The summed E-state index contributed by atoms with van der Waals surface area (Å²) >= 11 is 0. The number of likely N-dealkylation sites (tertiary alicyclic amines) is 1. The van der Waals surface area contributed by atoms with Gasteiger partial charge in [0.15, 0.2) is 5.69 Å². The molecule has 4 rings (SSSR count). The van der Waals surface area contributed by atoms with E-state index in [4.69, 9.17) is 0 Å². The normalized spacial score (nSPS) is 22.1. The third-order valence-electron chi connectivity index (χ3n) is 5.41. The van der Waals surface area contributed by atoms with E-state index in [2.05, 4.69) is 10.3 Å². The van der Waals surface area contributed by atoms with Crippen LogP contribution in [0.15, 0.2) is 42.6 Å². The fourth-order valence-electron chi connectivity index (χ4n) is 4.01. The average molecular weight is 429 g/mol. The highest BCUT2D eigenvalue weighted by Crippen LogP contribution is 2.46. The molecule has 0 saturated carbocycles. The number of aromatic nitrogens is 1. The predicted molar refractivity (Wildman–Crippen MR) is 100 cm³/mol. The Bertz CT molecular complexity index is 1140. The van der Waals surface area contributed by atoms with Crippen LogP contribution in [-0.4, -0.2) is 40.2 Å². The van der Waals surface area contributed by atoms with E-state index in [9.17, 15) is 32.8 Å². The highest BCUT2D eigenvalue weighted by molar-refractivity contribution is 6.40. The first-order valence-electron chi connectivity index (χ1n) is 9.12. The number of carbonyl (C=O) groups is 3. The van der Waals surface area contributed by atoms with Crippen LogP contribution in [0.4, 0.5) is 24.5 Å². The second-order valence-electron chi connectivity index (χ2n) is 7.22. The minimum Gasteiger partial charge on any atom is -0.325 e. The smallest absolute Gasteiger partial charge is 0.325 e. The molecule has 0 aliphatic carbocycles. The van der Waals surface area contributed by atoms with Crippen LogP contribution in [0.1, 0.15) is 17.7 Å². The molecule has 31 heavy (non-hydrogen) atoms. The Labute approximate surface area is 173 Å². The van der Waals surface area contributed by atoms with E-state index in [-0.39, 0.29) is 13.0 Å².